The third-order valence-corrected chi connectivity index (χ3v) is 2.83. The van der Waals surface area contributed by atoms with E-state index in [0.717, 1.165) is 5.57 Å². The molecular weight excluding hydrogens is 216 g/mol. The standard InChI is InChI=1S/C13H18.C5H8/c1-4-8-12-9-6-7-10-13(12)11(3)5-2;1-4-5(2)3/h4,6-11H,5H2,1-3H3;4H,1-2H2,3H3. The first-order chi connectivity index (χ1) is 8.56. The number of allylic oxidation sites excluding steroid dienone is 3. The highest BCUT2D eigenvalue weighted by molar-refractivity contribution is 5.54. The van der Waals surface area contributed by atoms with Crippen molar-refractivity contribution in [1.82, 2.24) is 0 Å². The van der Waals surface area contributed by atoms with Gasteiger partial charge in [0.25, 0.3) is 0 Å². The lowest BCUT2D eigenvalue weighted by atomic mass is 9.93. The van der Waals surface area contributed by atoms with Gasteiger partial charge in [-0.15, -0.1) is 0 Å². The molecule has 0 aliphatic carbocycles. The SMILES string of the molecule is C=CC(=C)C.CC=Cc1ccccc1C(C)CC. The summed E-state index contributed by atoms with van der Waals surface area (Å²) in [6.07, 6.45) is 7.21. The smallest absolute Gasteiger partial charge is 0.0187 e. The number of benzene rings is 1. The molecule has 1 aromatic carbocycles. The highest BCUT2D eigenvalue weighted by Crippen LogP contribution is 2.23. The highest BCUT2D eigenvalue weighted by Gasteiger charge is 2.05. The molecule has 0 aliphatic heterocycles. The largest absolute Gasteiger partial charge is 0.0988 e. The van der Waals surface area contributed by atoms with E-state index in [1.807, 2.05) is 6.92 Å². The molecule has 18 heavy (non-hydrogen) atoms. The average Bonchev–Trinajstić information content (AvgIpc) is 2.39. The fourth-order valence-corrected chi connectivity index (χ4v) is 1.51. The summed E-state index contributed by atoms with van der Waals surface area (Å²) >= 11 is 0. The minimum Gasteiger partial charge on any atom is -0.0988 e. The van der Waals surface area contributed by atoms with E-state index in [-0.39, 0.29) is 0 Å². The molecule has 0 fully saturated rings. The molecule has 1 unspecified atom stereocenters. The quantitative estimate of drug-likeness (QED) is 0.569. The van der Waals surface area contributed by atoms with Gasteiger partial charge in [0, 0.05) is 0 Å². The van der Waals surface area contributed by atoms with Crippen molar-refractivity contribution in [3.63, 3.8) is 0 Å². The van der Waals surface area contributed by atoms with E-state index in [9.17, 15) is 0 Å². The van der Waals surface area contributed by atoms with Crippen molar-refractivity contribution in [3.8, 4) is 0 Å². The molecule has 0 radical (unpaired) electrons. The minimum atomic E-state index is 0.660. The summed E-state index contributed by atoms with van der Waals surface area (Å²) in [4.78, 5) is 0. The zero-order chi connectivity index (χ0) is 14.0. The van der Waals surface area contributed by atoms with Crippen LogP contribution < -0.4 is 0 Å². The second-order valence-electron chi connectivity index (χ2n) is 4.49. The van der Waals surface area contributed by atoms with Crippen molar-refractivity contribution >= 4 is 6.08 Å². The van der Waals surface area contributed by atoms with E-state index in [1.54, 1.807) is 6.08 Å². The first kappa shape index (κ1) is 16.4. The van der Waals surface area contributed by atoms with Crippen molar-refractivity contribution in [1.29, 1.82) is 0 Å². The van der Waals surface area contributed by atoms with Gasteiger partial charge in [-0.3, -0.25) is 0 Å². The molecule has 0 saturated carbocycles. The molecular formula is C18H26. The van der Waals surface area contributed by atoms with Crippen LogP contribution in [0.15, 0.2) is 55.1 Å². The second kappa shape index (κ2) is 9.47. The van der Waals surface area contributed by atoms with Crippen molar-refractivity contribution < 1.29 is 0 Å². The predicted molar refractivity (Wildman–Crippen MR) is 84.9 cm³/mol. The number of hydrogen-bond acceptors (Lipinski definition) is 0. The van der Waals surface area contributed by atoms with Crippen LogP contribution in [-0.2, 0) is 0 Å². The summed E-state index contributed by atoms with van der Waals surface area (Å²) in [6.45, 7) is 15.5. The van der Waals surface area contributed by atoms with E-state index in [4.69, 9.17) is 0 Å². The van der Waals surface area contributed by atoms with Crippen LogP contribution >= 0.6 is 0 Å². The van der Waals surface area contributed by atoms with Crippen LogP contribution in [0, 0.1) is 0 Å². The number of hydrogen-bond donors (Lipinski definition) is 0. The summed E-state index contributed by atoms with van der Waals surface area (Å²) in [7, 11) is 0. The van der Waals surface area contributed by atoms with Gasteiger partial charge in [0.2, 0.25) is 0 Å². The van der Waals surface area contributed by atoms with E-state index < -0.39 is 0 Å². The maximum Gasteiger partial charge on any atom is -0.0187 e. The Balaban J connectivity index is 0.000000494. The predicted octanol–water partition coefficient (Wildman–Crippen LogP) is 5.98. The van der Waals surface area contributed by atoms with E-state index in [0.29, 0.717) is 5.92 Å². The van der Waals surface area contributed by atoms with Gasteiger partial charge in [-0.05, 0) is 37.3 Å². The molecule has 0 bridgehead atoms. The van der Waals surface area contributed by atoms with Crippen LogP contribution in [-0.4, -0.2) is 0 Å². The Hall–Kier alpha value is -1.56. The Bertz CT molecular complexity index is 396. The molecule has 0 saturated heterocycles. The van der Waals surface area contributed by atoms with E-state index in [1.165, 1.54) is 17.5 Å². The summed E-state index contributed by atoms with van der Waals surface area (Å²) < 4.78 is 0. The normalized spacial score (nSPS) is 11.6. The lowest BCUT2D eigenvalue weighted by Gasteiger charge is -2.11. The average molecular weight is 242 g/mol. The maximum atomic E-state index is 3.56. The molecule has 0 heteroatoms. The molecule has 0 aromatic heterocycles. The van der Waals surface area contributed by atoms with Crippen molar-refractivity contribution in [2.75, 3.05) is 0 Å². The summed E-state index contributed by atoms with van der Waals surface area (Å²) in [5.41, 5.74) is 3.84. The molecule has 0 nitrogen and oxygen atoms in total. The van der Waals surface area contributed by atoms with Gasteiger partial charge in [0.1, 0.15) is 0 Å². The lowest BCUT2D eigenvalue weighted by Crippen LogP contribution is -1.93. The monoisotopic (exact) mass is 242 g/mol. The fraction of sp³-hybridized carbons (Fsp3) is 0.333. The molecule has 1 rings (SSSR count). The molecule has 0 amide bonds. The topological polar surface area (TPSA) is 0 Å². The van der Waals surface area contributed by atoms with Gasteiger partial charge < -0.3 is 0 Å². The first-order valence-corrected chi connectivity index (χ1v) is 6.56. The molecule has 1 aromatic rings. The summed E-state index contributed by atoms with van der Waals surface area (Å²) in [6, 6.07) is 8.63. The third-order valence-electron chi connectivity index (χ3n) is 2.83. The third kappa shape index (κ3) is 6.24. The minimum absolute atomic E-state index is 0.660. The zero-order valence-electron chi connectivity index (χ0n) is 12.2. The molecule has 0 N–H and O–H groups in total. The van der Waals surface area contributed by atoms with Gasteiger partial charge in [0.05, 0.1) is 0 Å². The molecule has 98 valence electrons. The van der Waals surface area contributed by atoms with Gasteiger partial charge in [-0.2, -0.15) is 0 Å². The zero-order valence-corrected chi connectivity index (χ0v) is 12.2. The van der Waals surface area contributed by atoms with Crippen LogP contribution in [0.3, 0.4) is 0 Å². The lowest BCUT2D eigenvalue weighted by molar-refractivity contribution is 0.732. The van der Waals surface area contributed by atoms with E-state index >= 15 is 0 Å². The molecule has 0 heterocycles. The Morgan fingerprint density at radius 3 is 2.33 bits per heavy atom. The van der Waals surface area contributed by atoms with Crippen LogP contribution in [0.25, 0.3) is 6.08 Å². The van der Waals surface area contributed by atoms with Crippen molar-refractivity contribution in [3.05, 3.63) is 66.3 Å². The molecule has 0 aliphatic rings. The van der Waals surface area contributed by atoms with Crippen LogP contribution in [0.2, 0.25) is 0 Å². The van der Waals surface area contributed by atoms with Gasteiger partial charge in [0.15, 0.2) is 0 Å². The van der Waals surface area contributed by atoms with Crippen LogP contribution in [0.4, 0.5) is 0 Å². The Morgan fingerprint density at radius 1 is 1.33 bits per heavy atom. The number of rotatable bonds is 4. The molecule has 0 spiro atoms. The van der Waals surface area contributed by atoms with Crippen molar-refractivity contribution in [2.24, 2.45) is 0 Å². The summed E-state index contributed by atoms with van der Waals surface area (Å²) in [5, 5.41) is 0. The van der Waals surface area contributed by atoms with Gasteiger partial charge in [-0.25, -0.2) is 0 Å². The van der Waals surface area contributed by atoms with Crippen LogP contribution in [0.1, 0.15) is 51.2 Å². The van der Waals surface area contributed by atoms with Crippen LogP contribution in [0.5, 0.6) is 0 Å². The molecule has 1 atom stereocenters. The maximum absolute atomic E-state index is 3.56. The Labute approximate surface area is 113 Å². The highest BCUT2D eigenvalue weighted by atomic mass is 14.1. The van der Waals surface area contributed by atoms with Gasteiger partial charge >= 0.3 is 0 Å². The Kier molecular flexibility index (Phi) is 8.65. The van der Waals surface area contributed by atoms with Gasteiger partial charge in [-0.1, -0.05) is 75.1 Å². The van der Waals surface area contributed by atoms with Crippen molar-refractivity contribution in [2.45, 2.75) is 40.0 Å². The van der Waals surface area contributed by atoms with E-state index in [2.05, 4.69) is 70.3 Å². The second-order valence-corrected chi connectivity index (χ2v) is 4.49. The first-order valence-electron chi connectivity index (χ1n) is 6.56. The summed E-state index contributed by atoms with van der Waals surface area (Å²) in [5.74, 6) is 0.660. The fourth-order valence-electron chi connectivity index (χ4n) is 1.51. The Morgan fingerprint density at radius 2 is 1.89 bits per heavy atom.